The third kappa shape index (κ3) is 3.13. The number of likely N-dealkylation sites (tertiary alicyclic amines) is 1. The molecule has 19 heavy (non-hydrogen) atoms. The van der Waals surface area contributed by atoms with E-state index in [-0.39, 0.29) is 6.54 Å². The van der Waals surface area contributed by atoms with E-state index in [9.17, 15) is 9.90 Å². The number of piperidine rings is 1. The number of hydrogen-bond donors (Lipinski definition) is 2. The Morgan fingerprint density at radius 1 is 1.63 bits per heavy atom. The van der Waals surface area contributed by atoms with Crippen LogP contribution in [0.3, 0.4) is 0 Å². The minimum atomic E-state index is -1.39. The number of nitrogens with two attached hydrogens (primary N) is 1. The maximum atomic E-state index is 11.3. The van der Waals surface area contributed by atoms with Crippen LogP contribution in [0, 0.1) is 0 Å². The van der Waals surface area contributed by atoms with Gasteiger partial charge in [-0.05, 0) is 39.3 Å². The van der Waals surface area contributed by atoms with Crippen molar-refractivity contribution in [2.45, 2.75) is 44.9 Å². The highest BCUT2D eigenvalue weighted by Crippen LogP contribution is 2.22. The summed E-state index contributed by atoms with van der Waals surface area (Å²) in [5, 5.41) is 14.6. The van der Waals surface area contributed by atoms with Crippen molar-refractivity contribution in [1.82, 2.24) is 14.7 Å². The highest BCUT2D eigenvalue weighted by Gasteiger charge is 2.38. The Balaban J connectivity index is 2.00. The quantitative estimate of drug-likeness (QED) is 0.819. The zero-order valence-corrected chi connectivity index (χ0v) is 11.5. The summed E-state index contributed by atoms with van der Waals surface area (Å²) in [7, 11) is 0. The highest BCUT2D eigenvalue weighted by atomic mass is 16.3. The lowest BCUT2D eigenvalue weighted by atomic mass is 9.92. The van der Waals surface area contributed by atoms with Crippen LogP contribution in [0.2, 0.25) is 0 Å². The number of hydrogen-bond acceptors (Lipinski definition) is 4. The van der Waals surface area contributed by atoms with Crippen LogP contribution in [0.1, 0.15) is 38.4 Å². The molecule has 1 saturated heterocycles. The van der Waals surface area contributed by atoms with E-state index in [1.54, 1.807) is 0 Å². The predicted molar refractivity (Wildman–Crippen MR) is 71.3 cm³/mol. The topological polar surface area (TPSA) is 84.4 Å². The summed E-state index contributed by atoms with van der Waals surface area (Å²) >= 11 is 0. The SMILES string of the molecule is CC(C)n1ccc(CN2CCC[C@](O)(C(N)=O)C2)n1. The van der Waals surface area contributed by atoms with E-state index >= 15 is 0 Å². The third-order valence-corrected chi connectivity index (χ3v) is 3.59. The standard InChI is InChI=1S/C13H22N4O2/c1-10(2)17-7-4-11(15-17)8-16-6-3-5-13(19,9-16)12(14)18/h4,7,10,19H,3,5-6,8-9H2,1-2H3,(H2,14,18)/t13-/m1/s1. The first kappa shape index (κ1) is 14.0. The van der Waals surface area contributed by atoms with Crippen LogP contribution in [-0.4, -0.2) is 44.4 Å². The van der Waals surface area contributed by atoms with Crippen LogP contribution in [0.15, 0.2) is 12.3 Å². The molecule has 0 spiro atoms. The minimum Gasteiger partial charge on any atom is -0.379 e. The first-order valence-corrected chi connectivity index (χ1v) is 6.69. The van der Waals surface area contributed by atoms with Gasteiger partial charge in [0.05, 0.1) is 5.69 Å². The third-order valence-electron chi connectivity index (χ3n) is 3.59. The monoisotopic (exact) mass is 266 g/mol. The summed E-state index contributed by atoms with van der Waals surface area (Å²) in [6.45, 7) is 5.92. The van der Waals surface area contributed by atoms with E-state index in [0.29, 0.717) is 19.0 Å². The number of carbonyl (C=O) groups excluding carboxylic acids is 1. The Kier molecular flexibility index (Phi) is 3.91. The molecule has 1 aliphatic rings. The molecule has 1 aromatic heterocycles. The second kappa shape index (κ2) is 5.30. The highest BCUT2D eigenvalue weighted by molar-refractivity contribution is 5.83. The fourth-order valence-electron chi connectivity index (χ4n) is 2.44. The maximum Gasteiger partial charge on any atom is 0.250 e. The number of carbonyl (C=O) groups is 1. The summed E-state index contributed by atoms with van der Waals surface area (Å²) in [5.41, 5.74) is 4.82. The molecular formula is C13H22N4O2. The Morgan fingerprint density at radius 3 is 2.95 bits per heavy atom. The van der Waals surface area contributed by atoms with Gasteiger partial charge in [0, 0.05) is 25.3 Å². The van der Waals surface area contributed by atoms with Crippen LogP contribution in [0.5, 0.6) is 0 Å². The number of primary amides is 1. The second-order valence-corrected chi connectivity index (χ2v) is 5.59. The van der Waals surface area contributed by atoms with Gasteiger partial charge in [0.15, 0.2) is 5.60 Å². The fraction of sp³-hybridized carbons (Fsp3) is 0.692. The first-order valence-electron chi connectivity index (χ1n) is 6.69. The van der Waals surface area contributed by atoms with Crippen molar-refractivity contribution in [3.8, 4) is 0 Å². The number of aliphatic hydroxyl groups is 1. The zero-order valence-electron chi connectivity index (χ0n) is 11.5. The molecule has 2 rings (SSSR count). The maximum absolute atomic E-state index is 11.3. The molecule has 0 bridgehead atoms. The molecule has 106 valence electrons. The summed E-state index contributed by atoms with van der Waals surface area (Å²) in [6.07, 6.45) is 3.16. The van der Waals surface area contributed by atoms with Crippen LogP contribution in [0.4, 0.5) is 0 Å². The second-order valence-electron chi connectivity index (χ2n) is 5.59. The molecular weight excluding hydrogens is 244 g/mol. The number of amides is 1. The van der Waals surface area contributed by atoms with Gasteiger partial charge >= 0.3 is 0 Å². The molecule has 1 fully saturated rings. The van der Waals surface area contributed by atoms with Gasteiger partial charge in [0.2, 0.25) is 0 Å². The van der Waals surface area contributed by atoms with E-state index in [1.807, 2.05) is 21.8 Å². The Morgan fingerprint density at radius 2 is 2.37 bits per heavy atom. The summed E-state index contributed by atoms with van der Waals surface area (Å²) in [6, 6.07) is 2.30. The van der Waals surface area contributed by atoms with Gasteiger partial charge in [0.1, 0.15) is 0 Å². The molecule has 0 aromatic carbocycles. The fourth-order valence-corrected chi connectivity index (χ4v) is 2.44. The van der Waals surface area contributed by atoms with E-state index in [1.165, 1.54) is 0 Å². The van der Waals surface area contributed by atoms with E-state index in [4.69, 9.17) is 5.73 Å². The van der Waals surface area contributed by atoms with Crippen LogP contribution in [-0.2, 0) is 11.3 Å². The van der Waals surface area contributed by atoms with Crippen molar-refractivity contribution >= 4 is 5.91 Å². The largest absolute Gasteiger partial charge is 0.379 e. The van der Waals surface area contributed by atoms with Crippen molar-refractivity contribution in [2.24, 2.45) is 5.73 Å². The molecule has 3 N–H and O–H groups in total. The average Bonchev–Trinajstić information content (AvgIpc) is 2.77. The average molecular weight is 266 g/mol. The Hall–Kier alpha value is -1.40. The van der Waals surface area contributed by atoms with Crippen LogP contribution >= 0.6 is 0 Å². The molecule has 1 atom stereocenters. The molecule has 0 unspecified atom stereocenters. The smallest absolute Gasteiger partial charge is 0.250 e. The molecule has 1 aromatic rings. The van der Waals surface area contributed by atoms with Gasteiger partial charge in [-0.3, -0.25) is 14.4 Å². The summed E-state index contributed by atoms with van der Waals surface area (Å²) in [4.78, 5) is 13.3. The lowest BCUT2D eigenvalue weighted by molar-refractivity contribution is -0.142. The van der Waals surface area contributed by atoms with Gasteiger partial charge in [-0.15, -0.1) is 0 Å². The summed E-state index contributed by atoms with van der Waals surface area (Å²) in [5.74, 6) is -0.634. The number of aromatic nitrogens is 2. The van der Waals surface area contributed by atoms with Crippen molar-refractivity contribution in [3.63, 3.8) is 0 Å². The van der Waals surface area contributed by atoms with Gasteiger partial charge in [-0.2, -0.15) is 5.10 Å². The molecule has 1 amide bonds. The van der Waals surface area contributed by atoms with Crippen LogP contribution < -0.4 is 5.73 Å². The van der Waals surface area contributed by atoms with E-state index in [2.05, 4.69) is 18.9 Å². The van der Waals surface area contributed by atoms with Crippen molar-refractivity contribution in [2.75, 3.05) is 13.1 Å². The molecule has 6 nitrogen and oxygen atoms in total. The lowest BCUT2D eigenvalue weighted by Crippen LogP contribution is -2.55. The number of nitrogens with zero attached hydrogens (tertiary/aromatic N) is 3. The van der Waals surface area contributed by atoms with E-state index in [0.717, 1.165) is 18.7 Å². The van der Waals surface area contributed by atoms with Gasteiger partial charge in [-0.1, -0.05) is 0 Å². The minimum absolute atomic E-state index is 0.289. The molecule has 2 heterocycles. The molecule has 0 radical (unpaired) electrons. The Bertz CT molecular complexity index is 457. The van der Waals surface area contributed by atoms with Crippen LogP contribution in [0.25, 0.3) is 0 Å². The van der Waals surface area contributed by atoms with Gasteiger partial charge in [-0.25, -0.2) is 0 Å². The first-order chi connectivity index (χ1) is 8.90. The van der Waals surface area contributed by atoms with Crippen molar-refractivity contribution in [3.05, 3.63) is 18.0 Å². The van der Waals surface area contributed by atoms with Crippen molar-refractivity contribution < 1.29 is 9.90 Å². The predicted octanol–water partition coefficient (Wildman–Crippen LogP) is 0.276. The molecule has 6 heteroatoms. The molecule has 1 aliphatic heterocycles. The van der Waals surface area contributed by atoms with Crippen molar-refractivity contribution in [1.29, 1.82) is 0 Å². The summed E-state index contributed by atoms with van der Waals surface area (Å²) < 4.78 is 1.90. The van der Waals surface area contributed by atoms with E-state index < -0.39 is 11.5 Å². The number of rotatable bonds is 4. The molecule has 0 aliphatic carbocycles. The Labute approximate surface area is 113 Å². The van der Waals surface area contributed by atoms with Gasteiger partial charge < -0.3 is 10.8 Å². The van der Waals surface area contributed by atoms with Gasteiger partial charge in [0.25, 0.3) is 5.91 Å². The normalized spacial score (nSPS) is 24.8. The number of β-amino-alcohol motifs (C(OH)–C–C–N with tert-alkyl or cyclic N) is 1. The zero-order chi connectivity index (χ0) is 14.0. The molecule has 0 saturated carbocycles. The lowest BCUT2D eigenvalue weighted by Gasteiger charge is -2.36.